The molecule has 0 spiro atoms. The van der Waals surface area contributed by atoms with Gasteiger partial charge in [-0.25, -0.2) is 9.78 Å². The van der Waals surface area contributed by atoms with Gasteiger partial charge in [0.15, 0.2) is 0 Å². The topological polar surface area (TPSA) is 80.5 Å². The summed E-state index contributed by atoms with van der Waals surface area (Å²) in [6.45, 7) is 6.93. The van der Waals surface area contributed by atoms with Crippen LogP contribution in [0.1, 0.15) is 27.2 Å². The van der Waals surface area contributed by atoms with E-state index in [1.807, 2.05) is 26.8 Å². The first-order valence-corrected chi connectivity index (χ1v) is 6.79. The van der Waals surface area contributed by atoms with Crippen molar-refractivity contribution in [3.63, 3.8) is 0 Å². The van der Waals surface area contributed by atoms with Gasteiger partial charge in [-0.15, -0.1) is 0 Å². The Balaban J connectivity index is 1.86. The molecule has 110 valence electrons. The van der Waals surface area contributed by atoms with Crippen molar-refractivity contribution in [2.24, 2.45) is 0 Å². The smallest absolute Gasteiger partial charge is 0.410 e. The van der Waals surface area contributed by atoms with Crippen LogP contribution in [0.2, 0.25) is 0 Å². The first kappa shape index (κ1) is 14.4. The number of nitrogen functional groups attached to an aromatic ring is 1. The van der Waals surface area contributed by atoms with Crippen LogP contribution >= 0.6 is 0 Å². The van der Waals surface area contributed by atoms with Gasteiger partial charge in [0.2, 0.25) is 0 Å². The fourth-order valence-electron chi connectivity index (χ4n) is 2.07. The fourth-order valence-corrected chi connectivity index (χ4v) is 2.07. The van der Waals surface area contributed by atoms with Gasteiger partial charge in [-0.2, -0.15) is 0 Å². The minimum Gasteiger partial charge on any atom is -0.444 e. The molecular formula is C14H22N4O2. The normalized spacial score (nSPS) is 18.9. The molecular weight excluding hydrogens is 256 g/mol. The van der Waals surface area contributed by atoms with Crippen LogP contribution in [0.5, 0.6) is 0 Å². The Morgan fingerprint density at radius 2 is 2.25 bits per heavy atom. The number of rotatable bonds is 2. The first-order chi connectivity index (χ1) is 9.33. The van der Waals surface area contributed by atoms with Gasteiger partial charge >= 0.3 is 6.09 Å². The number of nitrogens with two attached hydrogens (primary N) is 1. The lowest BCUT2D eigenvalue weighted by Gasteiger charge is -2.24. The van der Waals surface area contributed by atoms with Crippen LogP contribution in [-0.4, -0.2) is 40.7 Å². The third kappa shape index (κ3) is 4.01. The molecule has 1 aromatic heterocycles. The minimum absolute atomic E-state index is 0.193. The predicted octanol–water partition coefficient (Wildman–Crippen LogP) is 2.09. The molecule has 0 radical (unpaired) electrons. The van der Waals surface area contributed by atoms with Crippen LogP contribution in [-0.2, 0) is 4.74 Å². The van der Waals surface area contributed by atoms with E-state index in [2.05, 4.69) is 10.3 Å². The van der Waals surface area contributed by atoms with E-state index >= 15 is 0 Å². The maximum atomic E-state index is 11.9. The van der Waals surface area contributed by atoms with Crippen molar-refractivity contribution in [2.75, 3.05) is 24.1 Å². The van der Waals surface area contributed by atoms with Gasteiger partial charge in [-0.3, -0.25) is 0 Å². The molecule has 0 saturated carbocycles. The van der Waals surface area contributed by atoms with E-state index in [9.17, 15) is 4.79 Å². The molecule has 1 aliphatic rings. The summed E-state index contributed by atoms with van der Waals surface area (Å²) in [6.07, 6.45) is 2.24. The third-order valence-electron chi connectivity index (χ3n) is 2.98. The second kappa shape index (κ2) is 5.56. The van der Waals surface area contributed by atoms with Gasteiger partial charge in [-0.1, -0.05) is 0 Å². The van der Waals surface area contributed by atoms with Crippen molar-refractivity contribution in [1.82, 2.24) is 9.88 Å². The quantitative estimate of drug-likeness (QED) is 0.865. The highest BCUT2D eigenvalue weighted by molar-refractivity contribution is 5.68. The molecule has 1 amide bonds. The molecule has 1 saturated heterocycles. The number of amides is 1. The summed E-state index contributed by atoms with van der Waals surface area (Å²) >= 11 is 0. The zero-order chi connectivity index (χ0) is 14.8. The number of ether oxygens (including phenoxy) is 1. The molecule has 1 atom stereocenters. The lowest BCUT2D eigenvalue weighted by atomic mass is 10.2. The number of hydrogen-bond acceptors (Lipinski definition) is 5. The van der Waals surface area contributed by atoms with Gasteiger partial charge in [0.05, 0.1) is 11.9 Å². The molecule has 1 fully saturated rings. The van der Waals surface area contributed by atoms with Gasteiger partial charge in [0.25, 0.3) is 0 Å². The summed E-state index contributed by atoms with van der Waals surface area (Å²) in [5, 5.41) is 3.30. The van der Waals surface area contributed by atoms with E-state index in [1.54, 1.807) is 17.2 Å². The molecule has 0 bridgehead atoms. The van der Waals surface area contributed by atoms with Crippen LogP contribution in [0.3, 0.4) is 0 Å². The number of anilines is 2. The van der Waals surface area contributed by atoms with Crippen LogP contribution < -0.4 is 11.1 Å². The second-order valence-electron chi connectivity index (χ2n) is 6.03. The minimum atomic E-state index is -0.457. The number of carbonyl (C=O) groups excluding carboxylic acids is 1. The molecule has 1 aliphatic heterocycles. The molecule has 6 heteroatoms. The lowest BCUT2D eigenvalue weighted by Crippen LogP contribution is -2.36. The van der Waals surface area contributed by atoms with E-state index in [4.69, 9.17) is 10.5 Å². The Kier molecular flexibility index (Phi) is 4.01. The lowest BCUT2D eigenvalue weighted by molar-refractivity contribution is 0.0293. The van der Waals surface area contributed by atoms with E-state index in [0.29, 0.717) is 18.8 Å². The summed E-state index contributed by atoms with van der Waals surface area (Å²) in [4.78, 5) is 17.9. The molecule has 0 aromatic carbocycles. The largest absolute Gasteiger partial charge is 0.444 e. The van der Waals surface area contributed by atoms with Crippen LogP contribution in [0.25, 0.3) is 0 Å². The Hall–Kier alpha value is -1.98. The number of nitrogens with one attached hydrogen (secondary N) is 1. The number of aromatic nitrogens is 1. The maximum absolute atomic E-state index is 11.9. The van der Waals surface area contributed by atoms with Crippen molar-refractivity contribution in [3.05, 3.63) is 18.3 Å². The average molecular weight is 278 g/mol. The third-order valence-corrected chi connectivity index (χ3v) is 2.98. The molecule has 1 aromatic rings. The van der Waals surface area contributed by atoms with E-state index in [-0.39, 0.29) is 12.1 Å². The van der Waals surface area contributed by atoms with E-state index < -0.39 is 5.60 Å². The van der Waals surface area contributed by atoms with Gasteiger partial charge in [0, 0.05) is 19.1 Å². The highest BCUT2D eigenvalue weighted by Crippen LogP contribution is 2.18. The Bertz CT molecular complexity index is 467. The molecule has 20 heavy (non-hydrogen) atoms. The number of carbonyl (C=O) groups is 1. The predicted molar refractivity (Wildman–Crippen MR) is 78.5 cm³/mol. The summed E-state index contributed by atoms with van der Waals surface area (Å²) < 4.78 is 5.36. The Morgan fingerprint density at radius 3 is 2.85 bits per heavy atom. The molecule has 2 rings (SSSR count). The highest BCUT2D eigenvalue weighted by atomic mass is 16.6. The molecule has 3 N–H and O–H groups in total. The van der Waals surface area contributed by atoms with Crippen molar-refractivity contribution >= 4 is 17.6 Å². The zero-order valence-corrected chi connectivity index (χ0v) is 12.2. The molecule has 0 aliphatic carbocycles. The van der Waals surface area contributed by atoms with Crippen molar-refractivity contribution in [2.45, 2.75) is 38.8 Å². The maximum Gasteiger partial charge on any atom is 0.410 e. The standard InChI is InChI=1S/C14H22N4O2/c1-14(2,3)20-13(19)18-7-6-11(9-18)17-12-5-4-10(15)8-16-12/h4-5,8,11H,6-7,9,15H2,1-3H3,(H,16,17)/t11-/m1/s1. The summed E-state index contributed by atoms with van der Waals surface area (Å²) in [5.74, 6) is 0.773. The van der Waals surface area contributed by atoms with Crippen LogP contribution in [0.15, 0.2) is 18.3 Å². The van der Waals surface area contributed by atoms with Crippen molar-refractivity contribution in [3.8, 4) is 0 Å². The van der Waals surface area contributed by atoms with Crippen molar-refractivity contribution in [1.29, 1.82) is 0 Å². The van der Waals surface area contributed by atoms with E-state index in [1.165, 1.54) is 0 Å². The summed E-state index contributed by atoms with van der Waals surface area (Å²) in [5.41, 5.74) is 5.77. The first-order valence-electron chi connectivity index (χ1n) is 6.79. The van der Waals surface area contributed by atoms with Gasteiger partial charge in [-0.05, 0) is 39.3 Å². The highest BCUT2D eigenvalue weighted by Gasteiger charge is 2.29. The fraction of sp³-hybridized carbons (Fsp3) is 0.571. The average Bonchev–Trinajstić information content (AvgIpc) is 2.79. The number of hydrogen-bond donors (Lipinski definition) is 2. The van der Waals surface area contributed by atoms with Crippen molar-refractivity contribution < 1.29 is 9.53 Å². The zero-order valence-electron chi connectivity index (χ0n) is 12.2. The summed E-state index contributed by atoms with van der Waals surface area (Å²) in [7, 11) is 0. The Morgan fingerprint density at radius 1 is 1.50 bits per heavy atom. The monoisotopic (exact) mass is 278 g/mol. The van der Waals surface area contributed by atoms with Gasteiger partial charge in [0.1, 0.15) is 11.4 Å². The Labute approximate surface area is 119 Å². The van der Waals surface area contributed by atoms with Crippen LogP contribution in [0, 0.1) is 0 Å². The summed E-state index contributed by atoms with van der Waals surface area (Å²) in [6, 6.07) is 3.83. The second-order valence-corrected chi connectivity index (χ2v) is 6.03. The van der Waals surface area contributed by atoms with Crippen LogP contribution in [0.4, 0.5) is 16.3 Å². The molecule has 6 nitrogen and oxygen atoms in total. The molecule has 0 unspecified atom stereocenters. The number of nitrogens with zero attached hydrogens (tertiary/aromatic N) is 2. The SMILES string of the molecule is CC(C)(C)OC(=O)N1CC[C@@H](Nc2ccc(N)cn2)C1. The van der Waals surface area contributed by atoms with Gasteiger partial charge < -0.3 is 20.7 Å². The number of pyridine rings is 1. The molecule has 2 heterocycles. The number of likely N-dealkylation sites (tertiary alicyclic amines) is 1. The van der Waals surface area contributed by atoms with E-state index in [0.717, 1.165) is 12.2 Å².